The number of unbranched alkanes of at least 4 members (excludes halogenated alkanes) is 1. The number of aryl methyl sites for hydroxylation is 1. The molecular weight excluding hydrogens is 236 g/mol. The molecule has 1 aromatic rings. The van der Waals surface area contributed by atoms with Crippen LogP contribution in [0.4, 0.5) is 0 Å². The molecular formula is C12H20N2O2S. The van der Waals surface area contributed by atoms with Crippen molar-refractivity contribution in [2.24, 2.45) is 0 Å². The van der Waals surface area contributed by atoms with Crippen molar-refractivity contribution in [2.75, 3.05) is 0 Å². The molecule has 17 heavy (non-hydrogen) atoms. The second-order valence-electron chi connectivity index (χ2n) is 4.23. The Bertz CT molecular complexity index is 365. The van der Waals surface area contributed by atoms with Gasteiger partial charge >= 0.3 is 5.97 Å². The van der Waals surface area contributed by atoms with Crippen LogP contribution in [-0.4, -0.2) is 22.1 Å². The van der Waals surface area contributed by atoms with Crippen molar-refractivity contribution in [2.45, 2.75) is 52.1 Å². The smallest absolute Gasteiger partial charge is 0.320 e. The van der Waals surface area contributed by atoms with Gasteiger partial charge in [-0.05, 0) is 20.3 Å². The second-order valence-corrected chi connectivity index (χ2v) is 5.50. The van der Waals surface area contributed by atoms with Crippen LogP contribution in [0.2, 0.25) is 0 Å². The Labute approximate surface area is 106 Å². The van der Waals surface area contributed by atoms with E-state index in [4.69, 9.17) is 5.11 Å². The number of rotatable bonds is 7. The molecule has 0 bridgehead atoms. The summed E-state index contributed by atoms with van der Waals surface area (Å²) in [5.41, 5.74) is 0. The van der Waals surface area contributed by atoms with E-state index < -0.39 is 12.0 Å². The number of thiazole rings is 1. The van der Waals surface area contributed by atoms with Gasteiger partial charge in [-0.15, -0.1) is 11.3 Å². The van der Waals surface area contributed by atoms with Crippen LogP contribution >= 0.6 is 11.3 Å². The Kier molecular flexibility index (Phi) is 5.58. The zero-order valence-electron chi connectivity index (χ0n) is 10.6. The highest BCUT2D eigenvalue weighted by atomic mass is 32.1. The molecule has 1 rings (SSSR count). The summed E-state index contributed by atoms with van der Waals surface area (Å²) in [5.74, 6) is -0.779. The van der Waals surface area contributed by atoms with Crippen LogP contribution in [-0.2, 0) is 4.79 Å². The van der Waals surface area contributed by atoms with Crippen LogP contribution in [0.25, 0.3) is 0 Å². The summed E-state index contributed by atoms with van der Waals surface area (Å²) in [4.78, 5) is 16.5. The summed E-state index contributed by atoms with van der Waals surface area (Å²) in [7, 11) is 0. The summed E-state index contributed by atoms with van der Waals surface area (Å²) in [6.45, 7) is 6.02. The molecule has 0 fully saturated rings. The summed E-state index contributed by atoms with van der Waals surface area (Å²) in [6, 6.07) is -0.485. The fourth-order valence-electron chi connectivity index (χ4n) is 1.63. The molecule has 96 valence electrons. The molecule has 2 unspecified atom stereocenters. The van der Waals surface area contributed by atoms with Gasteiger partial charge in [0.2, 0.25) is 0 Å². The van der Waals surface area contributed by atoms with Gasteiger partial charge in [-0.25, -0.2) is 4.98 Å². The molecule has 0 radical (unpaired) electrons. The molecule has 1 aromatic heterocycles. The van der Waals surface area contributed by atoms with Gasteiger partial charge < -0.3 is 5.11 Å². The maximum absolute atomic E-state index is 11.1. The van der Waals surface area contributed by atoms with E-state index in [1.807, 2.05) is 20.0 Å². The first-order chi connectivity index (χ1) is 8.04. The molecule has 5 heteroatoms. The van der Waals surface area contributed by atoms with Gasteiger partial charge in [0.1, 0.15) is 11.0 Å². The standard InChI is InChI=1S/C12H20N2O2S/c1-4-5-6-10(12(15)16)14-9(3)11-13-7-8(2)17-11/h7,9-10,14H,4-6H2,1-3H3,(H,15,16). The predicted molar refractivity (Wildman–Crippen MR) is 69.4 cm³/mol. The molecule has 0 aromatic carbocycles. The zero-order chi connectivity index (χ0) is 12.8. The van der Waals surface area contributed by atoms with Crippen molar-refractivity contribution in [1.82, 2.24) is 10.3 Å². The Morgan fingerprint density at radius 1 is 1.65 bits per heavy atom. The first kappa shape index (κ1) is 14.1. The average molecular weight is 256 g/mol. The third-order valence-electron chi connectivity index (χ3n) is 2.61. The predicted octanol–water partition coefficient (Wildman–Crippen LogP) is 2.75. The fraction of sp³-hybridized carbons (Fsp3) is 0.667. The molecule has 0 spiro atoms. The van der Waals surface area contributed by atoms with Crippen molar-refractivity contribution in [3.63, 3.8) is 0 Å². The molecule has 0 aliphatic rings. The van der Waals surface area contributed by atoms with Crippen LogP contribution in [0.1, 0.15) is 49.0 Å². The monoisotopic (exact) mass is 256 g/mol. The normalized spacial score (nSPS) is 14.5. The third-order valence-corrected chi connectivity index (χ3v) is 3.70. The molecule has 2 atom stereocenters. The van der Waals surface area contributed by atoms with E-state index in [2.05, 4.69) is 17.2 Å². The fourth-order valence-corrected chi connectivity index (χ4v) is 2.42. The first-order valence-corrected chi connectivity index (χ1v) is 6.77. The van der Waals surface area contributed by atoms with Gasteiger partial charge in [0, 0.05) is 11.1 Å². The molecule has 0 aliphatic carbocycles. The number of aliphatic carboxylic acids is 1. The molecule has 0 saturated carbocycles. The summed E-state index contributed by atoms with van der Waals surface area (Å²) >= 11 is 1.61. The number of aromatic nitrogens is 1. The highest BCUT2D eigenvalue weighted by molar-refractivity contribution is 7.11. The largest absolute Gasteiger partial charge is 0.480 e. The minimum absolute atomic E-state index is 0.00773. The summed E-state index contributed by atoms with van der Waals surface area (Å²) in [6.07, 6.45) is 4.42. The third kappa shape index (κ3) is 4.44. The van der Waals surface area contributed by atoms with Crippen LogP contribution in [0.5, 0.6) is 0 Å². The van der Waals surface area contributed by atoms with Gasteiger partial charge in [0.25, 0.3) is 0 Å². The van der Waals surface area contributed by atoms with Crippen molar-refractivity contribution in [3.05, 3.63) is 16.1 Å². The first-order valence-electron chi connectivity index (χ1n) is 5.95. The summed E-state index contributed by atoms with van der Waals surface area (Å²) in [5, 5.41) is 13.2. The Morgan fingerprint density at radius 2 is 2.35 bits per heavy atom. The number of hydrogen-bond donors (Lipinski definition) is 2. The van der Waals surface area contributed by atoms with Crippen molar-refractivity contribution < 1.29 is 9.90 Å². The van der Waals surface area contributed by atoms with Crippen LogP contribution < -0.4 is 5.32 Å². The Hall–Kier alpha value is -0.940. The van der Waals surface area contributed by atoms with E-state index in [-0.39, 0.29) is 6.04 Å². The van der Waals surface area contributed by atoms with E-state index >= 15 is 0 Å². The highest BCUT2D eigenvalue weighted by Crippen LogP contribution is 2.20. The molecule has 2 N–H and O–H groups in total. The van der Waals surface area contributed by atoms with E-state index in [0.29, 0.717) is 6.42 Å². The summed E-state index contributed by atoms with van der Waals surface area (Å²) < 4.78 is 0. The topological polar surface area (TPSA) is 62.2 Å². The molecule has 0 aliphatic heterocycles. The van der Waals surface area contributed by atoms with Crippen LogP contribution in [0.3, 0.4) is 0 Å². The van der Waals surface area contributed by atoms with Gasteiger partial charge in [-0.3, -0.25) is 10.1 Å². The maximum atomic E-state index is 11.1. The number of nitrogens with zero attached hydrogens (tertiary/aromatic N) is 1. The molecule has 1 heterocycles. The van der Waals surface area contributed by atoms with Crippen molar-refractivity contribution in [1.29, 1.82) is 0 Å². The second kappa shape index (κ2) is 6.71. The van der Waals surface area contributed by atoms with Gasteiger partial charge in [-0.1, -0.05) is 19.8 Å². The van der Waals surface area contributed by atoms with Crippen molar-refractivity contribution >= 4 is 17.3 Å². The lowest BCUT2D eigenvalue weighted by Gasteiger charge is -2.18. The highest BCUT2D eigenvalue weighted by Gasteiger charge is 2.20. The molecule has 0 saturated heterocycles. The van der Waals surface area contributed by atoms with Gasteiger partial charge in [0.15, 0.2) is 0 Å². The number of carbonyl (C=O) groups is 1. The van der Waals surface area contributed by atoms with E-state index in [1.165, 1.54) is 0 Å². The van der Waals surface area contributed by atoms with Crippen molar-refractivity contribution in [3.8, 4) is 0 Å². The number of nitrogens with one attached hydrogen (secondary N) is 1. The zero-order valence-corrected chi connectivity index (χ0v) is 11.4. The van der Waals surface area contributed by atoms with Crippen LogP contribution in [0.15, 0.2) is 6.20 Å². The van der Waals surface area contributed by atoms with Gasteiger partial charge in [0.05, 0.1) is 6.04 Å². The number of carboxylic acid groups (broad SMARTS) is 1. The molecule has 4 nitrogen and oxygen atoms in total. The lowest BCUT2D eigenvalue weighted by molar-refractivity contribution is -0.139. The SMILES string of the molecule is CCCCC(NC(C)c1ncc(C)s1)C(=O)O. The lowest BCUT2D eigenvalue weighted by atomic mass is 10.1. The minimum atomic E-state index is -0.779. The van der Waals surface area contributed by atoms with Gasteiger partial charge in [-0.2, -0.15) is 0 Å². The molecule has 0 amide bonds. The maximum Gasteiger partial charge on any atom is 0.320 e. The average Bonchev–Trinajstić information content (AvgIpc) is 2.70. The number of carboxylic acids is 1. The van der Waals surface area contributed by atoms with E-state index in [1.54, 1.807) is 11.3 Å². The lowest BCUT2D eigenvalue weighted by Crippen LogP contribution is -2.38. The van der Waals surface area contributed by atoms with E-state index in [9.17, 15) is 4.79 Å². The van der Waals surface area contributed by atoms with Crippen LogP contribution in [0, 0.1) is 6.92 Å². The Morgan fingerprint density at radius 3 is 2.82 bits per heavy atom. The Balaban J connectivity index is 2.57. The quantitative estimate of drug-likeness (QED) is 0.787. The van der Waals surface area contributed by atoms with E-state index in [0.717, 1.165) is 22.7 Å². The minimum Gasteiger partial charge on any atom is -0.480 e. The number of hydrogen-bond acceptors (Lipinski definition) is 4.